The van der Waals surface area contributed by atoms with Crippen molar-refractivity contribution in [3.8, 4) is 26.8 Å². The summed E-state index contributed by atoms with van der Waals surface area (Å²) >= 11 is 1.61. The quantitative estimate of drug-likeness (QED) is 0.634. The molecule has 0 bridgehead atoms. The highest BCUT2D eigenvalue weighted by Gasteiger charge is 2.09. The molecule has 3 rings (SSSR count). The standard InChI is InChI=1S/C19H17NO3S/c1-3-23-19(21)15-6-4-14(5-7-15)18-20-12-17(24-18)13-8-10-16(22-2)11-9-13/h4-12H,3H2,1-2H3. The highest BCUT2D eigenvalue weighted by atomic mass is 32.1. The number of carbonyl (C=O) groups is 1. The molecule has 2 aromatic carbocycles. The van der Waals surface area contributed by atoms with Gasteiger partial charge in [0.2, 0.25) is 0 Å². The van der Waals surface area contributed by atoms with E-state index in [1.807, 2.05) is 42.6 Å². The Balaban J connectivity index is 1.80. The first-order valence-corrected chi connectivity index (χ1v) is 8.40. The van der Waals surface area contributed by atoms with Crippen molar-refractivity contribution in [2.45, 2.75) is 6.92 Å². The van der Waals surface area contributed by atoms with Gasteiger partial charge >= 0.3 is 5.97 Å². The van der Waals surface area contributed by atoms with Crippen molar-refractivity contribution in [1.82, 2.24) is 4.98 Å². The molecule has 0 aliphatic rings. The number of thiazole rings is 1. The number of benzene rings is 2. The molecule has 0 atom stereocenters. The molecule has 0 aliphatic carbocycles. The third-order valence-electron chi connectivity index (χ3n) is 3.52. The van der Waals surface area contributed by atoms with Crippen LogP contribution in [0.1, 0.15) is 17.3 Å². The number of hydrogen-bond donors (Lipinski definition) is 0. The van der Waals surface area contributed by atoms with Crippen LogP contribution in [0, 0.1) is 0 Å². The van der Waals surface area contributed by atoms with Crippen molar-refractivity contribution >= 4 is 17.3 Å². The number of hydrogen-bond acceptors (Lipinski definition) is 5. The summed E-state index contributed by atoms with van der Waals surface area (Å²) in [5.74, 6) is 0.528. The molecule has 0 N–H and O–H groups in total. The van der Waals surface area contributed by atoms with E-state index < -0.39 is 0 Å². The summed E-state index contributed by atoms with van der Waals surface area (Å²) in [4.78, 5) is 17.3. The van der Waals surface area contributed by atoms with E-state index in [2.05, 4.69) is 4.98 Å². The molecule has 1 aromatic heterocycles. The van der Waals surface area contributed by atoms with Gasteiger partial charge in [-0.15, -0.1) is 11.3 Å². The highest BCUT2D eigenvalue weighted by Crippen LogP contribution is 2.32. The number of aromatic nitrogens is 1. The molecule has 4 nitrogen and oxygen atoms in total. The van der Waals surface area contributed by atoms with Gasteiger partial charge in [0.25, 0.3) is 0 Å². The lowest BCUT2D eigenvalue weighted by atomic mass is 10.1. The lowest BCUT2D eigenvalue weighted by Gasteiger charge is -2.02. The van der Waals surface area contributed by atoms with Crippen LogP contribution in [0.25, 0.3) is 21.0 Å². The summed E-state index contributed by atoms with van der Waals surface area (Å²) in [5.41, 5.74) is 2.63. The first kappa shape index (κ1) is 16.2. The Labute approximate surface area is 144 Å². The van der Waals surface area contributed by atoms with Gasteiger partial charge in [0.05, 0.1) is 24.2 Å². The summed E-state index contributed by atoms with van der Waals surface area (Å²) in [6, 6.07) is 15.2. The molecule has 24 heavy (non-hydrogen) atoms. The van der Waals surface area contributed by atoms with Crippen LogP contribution in [0.15, 0.2) is 54.7 Å². The predicted octanol–water partition coefficient (Wildman–Crippen LogP) is 4.66. The maximum atomic E-state index is 11.7. The second kappa shape index (κ2) is 7.27. The van der Waals surface area contributed by atoms with E-state index in [0.29, 0.717) is 12.2 Å². The molecular weight excluding hydrogens is 322 g/mol. The molecule has 0 aliphatic heterocycles. The number of esters is 1. The number of ether oxygens (including phenoxy) is 2. The van der Waals surface area contributed by atoms with E-state index in [0.717, 1.165) is 26.8 Å². The van der Waals surface area contributed by atoms with Gasteiger partial charge in [-0.1, -0.05) is 12.1 Å². The second-order valence-electron chi connectivity index (χ2n) is 5.06. The Morgan fingerprint density at radius 1 is 1.04 bits per heavy atom. The smallest absolute Gasteiger partial charge is 0.338 e. The molecular formula is C19H17NO3S. The SMILES string of the molecule is CCOC(=O)c1ccc(-c2ncc(-c3ccc(OC)cc3)s2)cc1. The zero-order valence-electron chi connectivity index (χ0n) is 13.5. The van der Waals surface area contributed by atoms with E-state index in [4.69, 9.17) is 9.47 Å². The molecule has 0 radical (unpaired) electrons. The van der Waals surface area contributed by atoms with Gasteiger partial charge in [0.1, 0.15) is 10.8 Å². The van der Waals surface area contributed by atoms with Crippen LogP contribution >= 0.6 is 11.3 Å². The largest absolute Gasteiger partial charge is 0.497 e. The summed E-state index contributed by atoms with van der Waals surface area (Å²) in [6.45, 7) is 2.17. The Morgan fingerprint density at radius 3 is 2.33 bits per heavy atom. The molecule has 1 heterocycles. The van der Waals surface area contributed by atoms with Gasteiger partial charge in [0.15, 0.2) is 0 Å². The van der Waals surface area contributed by atoms with Crippen LogP contribution in [0.4, 0.5) is 0 Å². The molecule has 0 unspecified atom stereocenters. The Kier molecular flexibility index (Phi) is 4.91. The summed E-state index contributed by atoms with van der Waals surface area (Å²) in [6.07, 6.45) is 1.86. The lowest BCUT2D eigenvalue weighted by Crippen LogP contribution is -2.03. The van der Waals surface area contributed by atoms with Crippen LogP contribution in [0.5, 0.6) is 5.75 Å². The average Bonchev–Trinajstić information content (AvgIpc) is 3.12. The number of rotatable bonds is 5. The first-order valence-electron chi connectivity index (χ1n) is 7.59. The zero-order valence-corrected chi connectivity index (χ0v) is 14.3. The number of methoxy groups -OCH3 is 1. The molecule has 0 spiro atoms. The Morgan fingerprint density at radius 2 is 1.71 bits per heavy atom. The van der Waals surface area contributed by atoms with Crippen molar-refractivity contribution in [2.24, 2.45) is 0 Å². The van der Waals surface area contributed by atoms with E-state index in [9.17, 15) is 4.79 Å². The zero-order chi connectivity index (χ0) is 16.9. The van der Waals surface area contributed by atoms with Crippen molar-refractivity contribution in [3.05, 3.63) is 60.3 Å². The summed E-state index contributed by atoms with van der Waals surface area (Å²) in [5, 5.41) is 0.913. The molecule has 0 amide bonds. The summed E-state index contributed by atoms with van der Waals surface area (Å²) < 4.78 is 10.2. The number of carbonyl (C=O) groups excluding carboxylic acids is 1. The van der Waals surface area contributed by atoms with Crippen molar-refractivity contribution < 1.29 is 14.3 Å². The molecule has 0 saturated carbocycles. The molecule has 3 aromatic rings. The minimum atomic E-state index is -0.304. The normalized spacial score (nSPS) is 10.4. The van der Waals surface area contributed by atoms with Gasteiger partial charge in [-0.3, -0.25) is 0 Å². The minimum absolute atomic E-state index is 0.304. The maximum Gasteiger partial charge on any atom is 0.338 e. The van der Waals surface area contributed by atoms with Crippen LogP contribution in [0.3, 0.4) is 0 Å². The Bertz CT molecular complexity index is 823. The fraction of sp³-hybridized carbons (Fsp3) is 0.158. The van der Waals surface area contributed by atoms with E-state index >= 15 is 0 Å². The third kappa shape index (κ3) is 3.46. The van der Waals surface area contributed by atoms with Crippen LogP contribution in [-0.2, 0) is 4.74 Å². The molecule has 122 valence electrons. The van der Waals surface area contributed by atoms with E-state index in [-0.39, 0.29) is 5.97 Å². The number of nitrogens with zero attached hydrogens (tertiary/aromatic N) is 1. The van der Waals surface area contributed by atoms with Crippen molar-refractivity contribution in [1.29, 1.82) is 0 Å². The van der Waals surface area contributed by atoms with Crippen molar-refractivity contribution in [3.63, 3.8) is 0 Å². The van der Waals surface area contributed by atoms with Gasteiger partial charge < -0.3 is 9.47 Å². The van der Waals surface area contributed by atoms with Gasteiger partial charge in [-0.25, -0.2) is 9.78 Å². The minimum Gasteiger partial charge on any atom is -0.497 e. The van der Waals surface area contributed by atoms with Crippen LogP contribution in [-0.4, -0.2) is 24.7 Å². The van der Waals surface area contributed by atoms with Gasteiger partial charge in [0, 0.05) is 11.8 Å². The first-order chi connectivity index (χ1) is 11.7. The fourth-order valence-corrected chi connectivity index (χ4v) is 3.19. The predicted molar refractivity (Wildman–Crippen MR) is 95.5 cm³/mol. The lowest BCUT2D eigenvalue weighted by molar-refractivity contribution is 0.0526. The maximum absolute atomic E-state index is 11.7. The highest BCUT2D eigenvalue weighted by molar-refractivity contribution is 7.18. The van der Waals surface area contributed by atoms with E-state index in [1.54, 1.807) is 37.5 Å². The average molecular weight is 339 g/mol. The topological polar surface area (TPSA) is 48.4 Å². The molecule has 0 fully saturated rings. The van der Waals surface area contributed by atoms with Crippen LogP contribution in [0.2, 0.25) is 0 Å². The third-order valence-corrected chi connectivity index (χ3v) is 4.62. The monoisotopic (exact) mass is 339 g/mol. The van der Waals surface area contributed by atoms with Gasteiger partial charge in [-0.05, 0) is 48.9 Å². The summed E-state index contributed by atoms with van der Waals surface area (Å²) in [7, 11) is 1.65. The second-order valence-corrected chi connectivity index (χ2v) is 6.09. The molecule has 5 heteroatoms. The van der Waals surface area contributed by atoms with Crippen molar-refractivity contribution in [2.75, 3.05) is 13.7 Å². The van der Waals surface area contributed by atoms with Crippen LogP contribution < -0.4 is 4.74 Å². The Hall–Kier alpha value is -2.66. The van der Waals surface area contributed by atoms with E-state index in [1.165, 1.54) is 0 Å². The molecule has 0 saturated heterocycles. The fourth-order valence-electron chi connectivity index (χ4n) is 2.26. The van der Waals surface area contributed by atoms with Gasteiger partial charge in [-0.2, -0.15) is 0 Å².